The third-order valence-electron chi connectivity index (χ3n) is 5.42. The molecule has 2 aromatic heterocycles. The van der Waals surface area contributed by atoms with Gasteiger partial charge in [0.05, 0.1) is 18.5 Å². The van der Waals surface area contributed by atoms with Gasteiger partial charge >= 0.3 is 0 Å². The number of hydrogen-bond donors (Lipinski definition) is 0. The van der Waals surface area contributed by atoms with Crippen molar-refractivity contribution >= 4 is 38.9 Å². The molecule has 7 heteroatoms. The molecule has 0 aliphatic heterocycles. The predicted octanol–water partition coefficient (Wildman–Crippen LogP) is 4.18. The highest BCUT2D eigenvalue weighted by Gasteiger charge is 2.25. The van der Waals surface area contributed by atoms with Crippen LogP contribution in [0.2, 0.25) is 5.02 Å². The topological polar surface area (TPSA) is 55.2 Å². The molecule has 29 heavy (non-hydrogen) atoms. The molecule has 1 aromatic carbocycles. The van der Waals surface area contributed by atoms with Crippen molar-refractivity contribution in [2.45, 2.75) is 39.3 Å². The van der Waals surface area contributed by atoms with Crippen molar-refractivity contribution in [3.8, 4) is 0 Å². The van der Waals surface area contributed by atoms with E-state index in [2.05, 4.69) is 6.92 Å². The van der Waals surface area contributed by atoms with Crippen LogP contribution in [0.25, 0.3) is 10.2 Å². The quantitative estimate of drug-likeness (QED) is 0.571. The Morgan fingerprint density at radius 2 is 2.03 bits per heavy atom. The first-order chi connectivity index (χ1) is 13.8. The molecule has 152 valence electrons. The van der Waals surface area contributed by atoms with Crippen molar-refractivity contribution in [2.24, 2.45) is 5.92 Å². The number of carbonyl (C=O) groups excluding carboxylic acids is 1. The molecule has 0 radical (unpaired) electrons. The molecule has 0 N–H and O–H groups in total. The fraction of sp³-hybridized carbons (Fsp3) is 0.409. The molecule has 5 nitrogen and oxygen atoms in total. The molecule has 0 amide bonds. The Bertz CT molecular complexity index is 1130. The van der Waals surface area contributed by atoms with Crippen LogP contribution in [0.3, 0.4) is 0 Å². The molecule has 1 aliphatic rings. The van der Waals surface area contributed by atoms with Crippen LogP contribution in [0, 0.1) is 5.92 Å². The number of ketones is 1. The smallest absolute Gasteiger partial charge is 0.263 e. The van der Waals surface area contributed by atoms with Gasteiger partial charge in [0, 0.05) is 15.5 Å². The van der Waals surface area contributed by atoms with Crippen molar-refractivity contribution < 1.29 is 4.79 Å². The summed E-state index contributed by atoms with van der Waals surface area (Å²) in [6, 6.07) is 6.77. The highest BCUT2D eigenvalue weighted by molar-refractivity contribution is 7.18. The van der Waals surface area contributed by atoms with Crippen molar-refractivity contribution in [3.05, 3.63) is 61.5 Å². The van der Waals surface area contributed by atoms with Crippen LogP contribution < -0.4 is 5.56 Å². The molecule has 2 heterocycles. The van der Waals surface area contributed by atoms with Crippen LogP contribution in [0.1, 0.15) is 40.0 Å². The molecule has 4 rings (SSSR count). The first kappa shape index (κ1) is 20.3. The number of halogens is 1. The maximum Gasteiger partial charge on any atom is 0.263 e. The van der Waals surface area contributed by atoms with E-state index in [-0.39, 0.29) is 17.9 Å². The van der Waals surface area contributed by atoms with Gasteiger partial charge in [-0.3, -0.25) is 14.2 Å². The summed E-state index contributed by atoms with van der Waals surface area (Å²) in [4.78, 5) is 35.3. The lowest BCUT2D eigenvalue weighted by molar-refractivity contribution is 0.0968. The minimum Gasteiger partial charge on any atom is -0.302 e. The molecule has 1 atom stereocenters. The first-order valence-electron chi connectivity index (χ1n) is 9.81. The molecule has 0 fully saturated rings. The van der Waals surface area contributed by atoms with Gasteiger partial charge in [0.1, 0.15) is 10.7 Å². The zero-order chi connectivity index (χ0) is 20.7. The number of carbonyl (C=O) groups is 1. The summed E-state index contributed by atoms with van der Waals surface area (Å²) in [6.45, 7) is 2.73. The number of nitrogens with zero attached hydrogens (tertiary/aromatic N) is 3. The second kappa shape index (κ2) is 8.01. The van der Waals surface area contributed by atoms with Crippen molar-refractivity contribution in [1.29, 1.82) is 0 Å². The lowest BCUT2D eigenvalue weighted by Gasteiger charge is -2.18. The molecular formula is C22H24ClN3O2S. The van der Waals surface area contributed by atoms with Crippen LogP contribution >= 0.6 is 22.9 Å². The largest absolute Gasteiger partial charge is 0.302 e. The summed E-state index contributed by atoms with van der Waals surface area (Å²) < 4.78 is 1.56. The molecule has 1 aliphatic carbocycles. The first-order valence-corrected chi connectivity index (χ1v) is 11.0. The van der Waals surface area contributed by atoms with Crippen molar-refractivity contribution in [3.63, 3.8) is 0 Å². The highest BCUT2D eigenvalue weighted by Crippen LogP contribution is 2.35. The lowest BCUT2D eigenvalue weighted by Crippen LogP contribution is -2.31. The lowest BCUT2D eigenvalue weighted by atomic mass is 9.89. The maximum absolute atomic E-state index is 13.5. The van der Waals surface area contributed by atoms with Crippen LogP contribution in [0.4, 0.5) is 0 Å². The normalized spacial score (nSPS) is 16.4. The Hall–Kier alpha value is -2.02. The van der Waals surface area contributed by atoms with E-state index in [1.807, 2.05) is 19.0 Å². The second-order valence-corrected chi connectivity index (χ2v) is 9.64. The van der Waals surface area contributed by atoms with Gasteiger partial charge in [0.15, 0.2) is 5.78 Å². The Morgan fingerprint density at radius 3 is 2.72 bits per heavy atom. The third kappa shape index (κ3) is 4.02. The average Bonchev–Trinajstić information content (AvgIpc) is 3.02. The number of rotatable bonds is 5. The van der Waals surface area contributed by atoms with E-state index in [0.29, 0.717) is 34.3 Å². The predicted molar refractivity (Wildman–Crippen MR) is 118 cm³/mol. The zero-order valence-corrected chi connectivity index (χ0v) is 18.4. The van der Waals surface area contributed by atoms with Gasteiger partial charge in [-0.25, -0.2) is 4.98 Å². The second-order valence-electron chi connectivity index (χ2n) is 8.12. The number of fused-ring (bicyclic) bond motifs is 3. The monoisotopic (exact) mass is 429 g/mol. The number of aromatic nitrogens is 2. The van der Waals surface area contributed by atoms with Crippen LogP contribution in [-0.2, 0) is 25.9 Å². The van der Waals surface area contributed by atoms with E-state index in [4.69, 9.17) is 16.6 Å². The molecule has 0 saturated heterocycles. The number of hydrogen-bond acceptors (Lipinski definition) is 5. The molecule has 3 aromatic rings. The Morgan fingerprint density at radius 1 is 1.31 bits per heavy atom. The summed E-state index contributed by atoms with van der Waals surface area (Å²) in [7, 11) is 3.87. The standard InChI is InChI=1S/C22H24ClN3O2S/c1-13-4-9-16-18(10-13)29-21-20(16)22(28)26(19(24-21)12-25(2)3)11-17(27)14-5-7-15(23)8-6-14/h5-8,13H,4,9-12H2,1-3H3. The number of thiophene rings is 1. The van der Waals surface area contributed by atoms with Gasteiger partial charge in [0.2, 0.25) is 0 Å². The summed E-state index contributed by atoms with van der Waals surface area (Å²) in [5.74, 6) is 1.13. The Labute approximate surface area is 178 Å². The van der Waals surface area contributed by atoms with Crippen LogP contribution in [-0.4, -0.2) is 34.3 Å². The van der Waals surface area contributed by atoms with Gasteiger partial charge in [-0.05, 0) is 69.1 Å². The fourth-order valence-electron chi connectivity index (χ4n) is 3.90. The van der Waals surface area contributed by atoms with Gasteiger partial charge in [0.25, 0.3) is 5.56 Å². The zero-order valence-electron chi connectivity index (χ0n) is 16.9. The Kier molecular flexibility index (Phi) is 5.60. The summed E-state index contributed by atoms with van der Waals surface area (Å²) in [5, 5.41) is 1.29. The number of aryl methyl sites for hydroxylation is 1. The van der Waals surface area contributed by atoms with E-state index in [0.717, 1.165) is 29.7 Å². The number of benzene rings is 1. The molecule has 0 saturated carbocycles. The minimum atomic E-state index is -0.123. The summed E-state index contributed by atoms with van der Waals surface area (Å²) in [6.07, 6.45) is 3.00. The van der Waals surface area contributed by atoms with Gasteiger partial charge in [-0.2, -0.15) is 0 Å². The summed E-state index contributed by atoms with van der Waals surface area (Å²) >= 11 is 7.58. The van der Waals surface area contributed by atoms with Gasteiger partial charge < -0.3 is 4.90 Å². The van der Waals surface area contributed by atoms with Crippen molar-refractivity contribution in [1.82, 2.24) is 14.5 Å². The van der Waals surface area contributed by atoms with E-state index < -0.39 is 0 Å². The van der Waals surface area contributed by atoms with E-state index >= 15 is 0 Å². The van der Waals surface area contributed by atoms with Gasteiger partial charge in [-0.1, -0.05) is 18.5 Å². The molecular weight excluding hydrogens is 406 g/mol. The number of Topliss-reactive ketones (excluding diaryl/α,β-unsaturated/α-hetero) is 1. The van der Waals surface area contributed by atoms with Crippen LogP contribution in [0.15, 0.2) is 29.1 Å². The average molecular weight is 430 g/mol. The molecule has 0 spiro atoms. The minimum absolute atomic E-state index is 0.0202. The summed E-state index contributed by atoms with van der Waals surface area (Å²) in [5.41, 5.74) is 1.59. The van der Waals surface area contributed by atoms with Crippen molar-refractivity contribution in [2.75, 3.05) is 14.1 Å². The third-order valence-corrected chi connectivity index (χ3v) is 6.82. The van der Waals surface area contributed by atoms with E-state index in [9.17, 15) is 9.59 Å². The van der Waals surface area contributed by atoms with E-state index in [1.165, 1.54) is 4.88 Å². The SMILES string of the molecule is CC1CCc2c(sc3nc(CN(C)C)n(CC(=O)c4ccc(Cl)cc4)c(=O)c23)C1. The fourth-order valence-corrected chi connectivity index (χ4v) is 5.42. The van der Waals surface area contributed by atoms with Crippen LogP contribution in [0.5, 0.6) is 0 Å². The Balaban J connectivity index is 1.82. The molecule has 1 unspecified atom stereocenters. The maximum atomic E-state index is 13.5. The van der Waals surface area contributed by atoms with Gasteiger partial charge in [-0.15, -0.1) is 11.3 Å². The highest BCUT2D eigenvalue weighted by atomic mass is 35.5. The molecule has 0 bridgehead atoms. The van der Waals surface area contributed by atoms with E-state index in [1.54, 1.807) is 40.2 Å².